The van der Waals surface area contributed by atoms with Gasteiger partial charge < -0.3 is 0 Å². The van der Waals surface area contributed by atoms with Crippen molar-refractivity contribution in [1.82, 2.24) is 7.81 Å². The van der Waals surface area contributed by atoms with Gasteiger partial charge in [0.1, 0.15) is 0 Å². The van der Waals surface area contributed by atoms with E-state index < -0.39 is 0 Å². The van der Waals surface area contributed by atoms with Gasteiger partial charge in [0, 0.05) is 12.1 Å². The van der Waals surface area contributed by atoms with Crippen molar-refractivity contribution >= 4 is 34.5 Å². The van der Waals surface area contributed by atoms with E-state index in [0.717, 1.165) is 11.4 Å². The summed E-state index contributed by atoms with van der Waals surface area (Å²) in [5.74, 6) is 0.0850. The van der Waals surface area contributed by atoms with Gasteiger partial charge in [0.25, 0.3) is 22.9 Å². The number of carbonyl (C=O) groups is 1. The Morgan fingerprint density at radius 3 is 2.33 bits per heavy atom. The summed E-state index contributed by atoms with van der Waals surface area (Å²) < 4.78 is 0.171. The van der Waals surface area contributed by atoms with Gasteiger partial charge >= 0.3 is 5.91 Å². The van der Waals surface area contributed by atoms with Crippen LogP contribution >= 0.6 is 22.9 Å². The van der Waals surface area contributed by atoms with E-state index in [-0.39, 0.29) is 8.71 Å². The molecule has 3 nitrogen and oxygen atoms in total. The molecule has 1 aliphatic heterocycles. The van der Waals surface area contributed by atoms with Crippen molar-refractivity contribution < 1.29 is 4.79 Å². The Morgan fingerprint density at radius 2 is 1.87 bits per heavy atom. The van der Waals surface area contributed by atoms with E-state index in [1.165, 1.54) is 0 Å². The Balaban J connectivity index is 2.50. The molecule has 0 spiro atoms. The molecule has 0 saturated carbocycles. The van der Waals surface area contributed by atoms with Gasteiger partial charge in [-0.2, -0.15) is 0 Å². The number of benzene rings is 1. The van der Waals surface area contributed by atoms with Crippen molar-refractivity contribution in [2.45, 2.75) is 6.92 Å². The average Bonchev–Trinajstić information content (AvgIpc) is 2.45. The summed E-state index contributed by atoms with van der Waals surface area (Å²) in [6.07, 6.45) is 1.68. The molecule has 1 heterocycles. The third-order valence-electron chi connectivity index (χ3n) is 2.65. The quantitative estimate of drug-likeness (QED) is 0.586. The lowest BCUT2D eigenvalue weighted by Gasteiger charge is -2.30. The highest BCUT2D eigenvalue weighted by molar-refractivity contribution is 14.1. The van der Waals surface area contributed by atoms with Crippen LogP contribution in [0, 0.1) is 0 Å². The molecule has 1 amide bonds. The highest BCUT2D eigenvalue weighted by Crippen LogP contribution is 2.37. The van der Waals surface area contributed by atoms with Crippen LogP contribution in [0.1, 0.15) is 6.92 Å². The van der Waals surface area contributed by atoms with Gasteiger partial charge in [0.15, 0.2) is 5.69 Å². The number of para-hydroxylation sites is 1. The van der Waals surface area contributed by atoms with Crippen LogP contribution < -0.4 is 2.81 Å². The van der Waals surface area contributed by atoms with E-state index in [9.17, 15) is 4.79 Å². The third kappa shape index (κ3) is 1.48. The van der Waals surface area contributed by atoms with E-state index in [1.807, 2.05) is 49.3 Å². The van der Waals surface area contributed by atoms with Crippen molar-refractivity contribution in [2.75, 3.05) is 7.05 Å². The first-order chi connectivity index (χ1) is 7.06. The van der Waals surface area contributed by atoms with E-state index >= 15 is 0 Å². The van der Waals surface area contributed by atoms with Crippen molar-refractivity contribution in [1.29, 1.82) is 0 Å². The number of amides is 1. The molecule has 4 heteroatoms. The molecule has 78 valence electrons. The smallest absolute Gasteiger partial charge is 0.222 e. The molecule has 0 aromatic heterocycles. The molecular formula is C11H12IN2O+. The zero-order valence-corrected chi connectivity index (χ0v) is 10.8. The fraction of sp³-hybridized carbons (Fsp3) is 0.182. The summed E-state index contributed by atoms with van der Waals surface area (Å²) in [6, 6.07) is 9.78. The van der Waals surface area contributed by atoms with E-state index in [0.29, 0.717) is 0 Å². The van der Waals surface area contributed by atoms with Crippen LogP contribution in [0.2, 0.25) is 0 Å². The van der Waals surface area contributed by atoms with E-state index in [2.05, 4.69) is 22.9 Å². The van der Waals surface area contributed by atoms with Gasteiger partial charge in [-0.25, -0.2) is 9.80 Å². The molecule has 1 aromatic carbocycles. The molecule has 0 bridgehead atoms. The molecule has 1 aliphatic rings. The van der Waals surface area contributed by atoms with Gasteiger partial charge in [0.2, 0.25) is 0 Å². The number of nitrogens with zero attached hydrogens (tertiary/aromatic N) is 2. The molecule has 1 unspecified atom stereocenters. The first-order valence-electron chi connectivity index (χ1n) is 4.68. The molecular weight excluding hydrogens is 303 g/mol. The number of hydrogen-bond donors (Lipinski definition) is 0. The third-order valence-corrected chi connectivity index (χ3v) is 4.33. The molecule has 15 heavy (non-hydrogen) atoms. The molecule has 2 rings (SSSR count). The van der Waals surface area contributed by atoms with Gasteiger partial charge in [-0.05, 0) is 6.92 Å². The highest BCUT2D eigenvalue weighted by atomic mass is 127. The summed E-state index contributed by atoms with van der Waals surface area (Å²) in [5.41, 5.74) is 1.96. The minimum atomic E-state index is 0.0850. The Morgan fingerprint density at radius 1 is 1.27 bits per heavy atom. The van der Waals surface area contributed by atoms with Crippen LogP contribution in [-0.4, -0.2) is 18.0 Å². The molecule has 0 aliphatic carbocycles. The second kappa shape index (κ2) is 3.61. The van der Waals surface area contributed by atoms with Crippen LogP contribution in [0.3, 0.4) is 0 Å². The van der Waals surface area contributed by atoms with Crippen LogP contribution in [0.4, 0.5) is 5.69 Å². The largest absolute Gasteiger partial charge is 0.377 e. The van der Waals surface area contributed by atoms with Gasteiger partial charge in [-0.1, -0.05) is 21.0 Å². The van der Waals surface area contributed by atoms with Crippen molar-refractivity contribution in [2.24, 2.45) is 0 Å². The van der Waals surface area contributed by atoms with Crippen molar-refractivity contribution in [3.8, 4) is 0 Å². The minimum Gasteiger partial charge on any atom is -0.222 e. The Bertz CT molecular complexity index is 429. The second-order valence-corrected chi connectivity index (χ2v) is 4.94. The molecule has 0 fully saturated rings. The van der Waals surface area contributed by atoms with E-state index in [4.69, 9.17) is 0 Å². The lowest BCUT2D eigenvalue weighted by atomic mass is 10.3. The average molecular weight is 315 g/mol. The minimum absolute atomic E-state index is 0.0850. The number of quaternary nitrogens is 1. The highest BCUT2D eigenvalue weighted by Gasteiger charge is 2.46. The van der Waals surface area contributed by atoms with Crippen LogP contribution in [-0.2, 0) is 4.79 Å². The Kier molecular flexibility index (Phi) is 2.56. The molecule has 1 atom stereocenters. The molecule has 1 aromatic rings. The summed E-state index contributed by atoms with van der Waals surface area (Å²) in [6.45, 7) is 1.94. The van der Waals surface area contributed by atoms with Gasteiger partial charge in [0.05, 0.1) is 18.8 Å². The Hall–Kier alpha value is -0.880. The Labute approximate surface area is 103 Å². The predicted octanol–water partition coefficient (Wildman–Crippen LogP) is 2.63. The first kappa shape index (κ1) is 10.6. The maximum atomic E-state index is 12.0. The monoisotopic (exact) mass is 315 g/mol. The summed E-state index contributed by atoms with van der Waals surface area (Å²) in [5, 5.41) is 1.96. The summed E-state index contributed by atoms with van der Waals surface area (Å²) in [4.78, 5) is 12.0. The van der Waals surface area contributed by atoms with Crippen LogP contribution in [0.25, 0.3) is 0 Å². The predicted molar refractivity (Wildman–Crippen MR) is 68.8 cm³/mol. The van der Waals surface area contributed by atoms with Gasteiger partial charge in [-0.3, -0.25) is 0 Å². The summed E-state index contributed by atoms with van der Waals surface area (Å²) >= 11 is 2.16. The standard InChI is InChI=1S/C11H12IN2O/c1-9-8-11(15)14(12,13(9)2)10-6-4-3-5-7-10/h3-8H,1-2H3/q+1. The molecule has 0 N–H and O–H groups in total. The number of hydrogen-bond acceptors (Lipinski definition) is 2. The second-order valence-electron chi connectivity index (χ2n) is 3.54. The summed E-state index contributed by atoms with van der Waals surface area (Å²) in [7, 11) is 1.93. The zero-order valence-electron chi connectivity index (χ0n) is 8.64. The molecule has 0 saturated heterocycles. The normalized spacial score (nSPS) is 25.7. The topological polar surface area (TPSA) is 20.3 Å². The first-order valence-corrected chi connectivity index (χ1v) is 5.64. The molecule has 0 radical (unpaired) electrons. The fourth-order valence-corrected chi connectivity index (χ4v) is 2.45. The number of carbonyl (C=O) groups excluding carboxylic acids is 1. The van der Waals surface area contributed by atoms with Crippen LogP contribution in [0.5, 0.6) is 0 Å². The van der Waals surface area contributed by atoms with Crippen LogP contribution in [0.15, 0.2) is 42.1 Å². The van der Waals surface area contributed by atoms with Gasteiger partial charge in [-0.15, -0.1) is 0 Å². The maximum Gasteiger partial charge on any atom is 0.377 e. The van der Waals surface area contributed by atoms with E-state index in [1.54, 1.807) is 6.08 Å². The number of rotatable bonds is 1. The number of halogens is 1. The lowest BCUT2D eigenvalue weighted by molar-refractivity contribution is -0.123. The number of allylic oxidation sites excluding steroid dienone is 1. The maximum absolute atomic E-state index is 12.0. The zero-order chi connectivity index (χ0) is 11.1. The van der Waals surface area contributed by atoms with Crippen molar-refractivity contribution in [3.05, 3.63) is 42.1 Å². The SMILES string of the molecule is CC1=CC(=O)[N+](I)(c2ccccc2)N1C. The fourth-order valence-electron chi connectivity index (χ4n) is 1.65. The van der Waals surface area contributed by atoms with Crippen molar-refractivity contribution in [3.63, 3.8) is 0 Å². The lowest BCUT2D eigenvalue weighted by Crippen LogP contribution is -2.50.